The number of hydrogen-bond acceptors (Lipinski definition) is 3. The number of amides is 1. The first-order chi connectivity index (χ1) is 7.18. The number of carbonyl (C=O) groups is 1. The third kappa shape index (κ3) is 2.58. The average Bonchev–Trinajstić information content (AvgIpc) is 2.98. The van der Waals surface area contributed by atoms with Gasteiger partial charge < -0.3 is 11.1 Å². The van der Waals surface area contributed by atoms with Gasteiger partial charge in [-0.15, -0.1) is 11.3 Å². The molecule has 1 fully saturated rings. The quantitative estimate of drug-likeness (QED) is 0.814. The molecule has 2 rings (SSSR count). The van der Waals surface area contributed by atoms with Crippen LogP contribution in [0.25, 0.3) is 0 Å². The van der Waals surface area contributed by atoms with E-state index in [1.807, 2.05) is 18.4 Å². The summed E-state index contributed by atoms with van der Waals surface area (Å²) in [6, 6.07) is 2.09. The lowest BCUT2D eigenvalue weighted by Gasteiger charge is -2.11. The zero-order chi connectivity index (χ0) is 10.8. The second kappa shape index (κ2) is 4.33. The third-order valence-corrected chi connectivity index (χ3v) is 3.81. The molecule has 1 aromatic rings. The Hall–Kier alpha value is -0.870. The number of hydrogen-bond donors (Lipinski definition) is 2. The van der Waals surface area contributed by atoms with Crippen LogP contribution in [-0.2, 0) is 0 Å². The fourth-order valence-electron chi connectivity index (χ4n) is 1.59. The van der Waals surface area contributed by atoms with Gasteiger partial charge in [0, 0.05) is 12.6 Å². The molecular weight excluding hydrogens is 208 g/mol. The summed E-state index contributed by atoms with van der Waals surface area (Å²) in [4.78, 5) is 12.5. The predicted molar refractivity (Wildman–Crippen MR) is 62.1 cm³/mol. The van der Waals surface area contributed by atoms with Gasteiger partial charge in [0.1, 0.15) is 0 Å². The Balaban J connectivity index is 1.84. The van der Waals surface area contributed by atoms with Gasteiger partial charge in [0.15, 0.2) is 0 Å². The monoisotopic (exact) mass is 224 g/mol. The van der Waals surface area contributed by atoms with E-state index in [2.05, 4.69) is 5.32 Å². The van der Waals surface area contributed by atoms with Crippen LogP contribution in [0.4, 0.5) is 0 Å². The Bertz CT molecular complexity index is 357. The second-order valence-electron chi connectivity index (χ2n) is 4.14. The van der Waals surface area contributed by atoms with Crippen molar-refractivity contribution in [1.82, 2.24) is 5.32 Å². The average molecular weight is 224 g/mol. The minimum atomic E-state index is 0.0126. The van der Waals surface area contributed by atoms with E-state index in [0.29, 0.717) is 12.5 Å². The van der Waals surface area contributed by atoms with Crippen LogP contribution in [0.3, 0.4) is 0 Å². The summed E-state index contributed by atoms with van der Waals surface area (Å²) in [5.74, 6) is 0.647. The maximum atomic E-state index is 11.7. The summed E-state index contributed by atoms with van der Waals surface area (Å²) in [5.41, 5.74) is 6.95. The second-order valence-corrected chi connectivity index (χ2v) is 5.06. The van der Waals surface area contributed by atoms with Crippen LogP contribution in [0.2, 0.25) is 0 Å². The fourth-order valence-corrected chi connectivity index (χ4v) is 2.43. The Morgan fingerprint density at radius 2 is 2.47 bits per heavy atom. The zero-order valence-electron chi connectivity index (χ0n) is 8.82. The third-order valence-electron chi connectivity index (χ3n) is 2.79. The summed E-state index contributed by atoms with van der Waals surface area (Å²) in [6.07, 6.45) is 2.43. The molecule has 1 aliphatic carbocycles. The van der Waals surface area contributed by atoms with E-state index >= 15 is 0 Å². The first-order valence-electron chi connectivity index (χ1n) is 5.26. The largest absolute Gasteiger partial charge is 0.350 e. The van der Waals surface area contributed by atoms with Gasteiger partial charge >= 0.3 is 0 Å². The lowest BCUT2D eigenvalue weighted by atomic mass is 10.2. The van der Waals surface area contributed by atoms with Crippen LogP contribution < -0.4 is 11.1 Å². The SMILES string of the molecule is Cc1ccsc1C(=O)NCC(N)C1CC1. The maximum Gasteiger partial charge on any atom is 0.261 e. The molecule has 1 amide bonds. The van der Waals surface area contributed by atoms with Crippen molar-refractivity contribution >= 4 is 17.2 Å². The molecule has 0 aliphatic heterocycles. The van der Waals surface area contributed by atoms with Gasteiger partial charge in [-0.25, -0.2) is 0 Å². The highest BCUT2D eigenvalue weighted by Gasteiger charge is 2.28. The van der Waals surface area contributed by atoms with Crippen LogP contribution in [0.5, 0.6) is 0 Å². The number of nitrogens with two attached hydrogens (primary N) is 1. The van der Waals surface area contributed by atoms with Crippen molar-refractivity contribution in [1.29, 1.82) is 0 Å². The van der Waals surface area contributed by atoms with E-state index in [1.54, 1.807) is 0 Å². The standard InChI is InChI=1S/C11H16N2OS/c1-7-4-5-15-10(7)11(14)13-6-9(12)8-2-3-8/h4-5,8-9H,2-3,6,12H2,1H3,(H,13,14). The van der Waals surface area contributed by atoms with Crippen LogP contribution in [0.15, 0.2) is 11.4 Å². The lowest BCUT2D eigenvalue weighted by Crippen LogP contribution is -2.38. The van der Waals surface area contributed by atoms with E-state index in [0.717, 1.165) is 10.4 Å². The smallest absolute Gasteiger partial charge is 0.261 e. The summed E-state index contributed by atoms with van der Waals surface area (Å²) < 4.78 is 0. The summed E-state index contributed by atoms with van der Waals surface area (Å²) in [7, 11) is 0. The topological polar surface area (TPSA) is 55.1 Å². The van der Waals surface area contributed by atoms with Crippen LogP contribution in [0.1, 0.15) is 28.1 Å². The van der Waals surface area contributed by atoms with Crippen molar-refractivity contribution in [2.24, 2.45) is 11.7 Å². The van der Waals surface area contributed by atoms with Crippen LogP contribution in [-0.4, -0.2) is 18.5 Å². The molecular formula is C11H16N2OS. The summed E-state index contributed by atoms with van der Waals surface area (Å²) >= 11 is 1.48. The lowest BCUT2D eigenvalue weighted by molar-refractivity contribution is 0.0954. The highest BCUT2D eigenvalue weighted by Crippen LogP contribution is 2.31. The van der Waals surface area contributed by atoms with E-state index in [-0.39, 0.29) is 11.9 Å². The molecule has 4 heteroatoms. The summed E-state index contributed by atoms with van der Waals surface area (Å²) in [5, 5.41) is 4.83. The molecule has 0 aromatic carbocycles. The Kier molecular flexibility index (Phi) is 3.07. The Morgan fingerprint density at radius 3 is 3.00 bits per heavy atom. The number of thiophene rings is 1. The van der Waals surface area contributed by atoms with Gasteiger partial charge in [-0.3, -0.25) is 4.79 Å². The van der Waals surface area contributed by atoms with Crippen LogP contribution in [0, 0.1) is 12.8 Å². The van der Waals surface area contributed by atoms with Crippen LogP contribution >= 0.6 is 11.3 Å². The van der Waals surface area contributed by atoms with Crippen molar-refractivity contribution in [3.63, 3.8) is 0 Å². The highest BCUT2D eigenvalue weighted by molar-refractivity contribution is 7.12. The fraction of sp³-hybridized carbons (Fsp3) is 0.545. The molecule has 0 bridgehead atoms. The zero-order valence-corrected chi connectivity index (χ0v) is 9.64. The molecule has 1 aliphatic rings. The van der Waals surface area contributed by atoms with Crippen molar-refractivity contribution in [3.05, 3.63) is 21.9 Å². The van der Waals surface area contributed by atoms with Crippen molar-refractivity contribution in [3.8, 4) is 0 Å². The van der Waals surface area contributed by atoms with E-state index in [1.165, 1.54) is 24.2 Å². The molecule has 0 spiro atoms. The molecule has 15 heavy (non-hydrogen) atoms. The predicted octanol–water partition coefficient (Wildman–Crippen LogP) is 1.52. The van der Waals surface area contributed by atoms with Gasteiger partial charge in [0.2, 0.25) is 0 Å². The minimum Gasteiger partial charge on any atom is -0.350 e. The molecule has 1 heterocycles. The minimum absolute atomic E-state index is 0.0126. The molecule has 0 radical (unpaired) electrons. The number of rotatable bonds is 4. The molecule has 0 saturated heterocycles. The Labute approximate surface area is 93.7 Å². The molecule has 3 nitrogen and oxygen atoms in total. The first-order valence-corrected chi connectivity index (χ1v) is 6.14. The van der Waals surface area contributed by atoms with Gasteiger partial charge in [0.25, 0.3) is 5.91 Å². The summed E-state index contributed by atoms with van der Waals surface area (Å²) in [6.45, 7) is 2.55. The molecule has 1 saturated carbocycles. The van der Waals surface area contributed by atoms with Gasteiger partial charge in [0.05, 0.1) is 4.88 Å². The molecule has 1 aromatic heterocycles. The molecule has 1 unspecified atom stereocenters. The number of nitrogens with one attached hydrogen (secondary N) is 1. The van der Waals surface area contributed by atoms with Gasteiger partial charge in [-0.05, 0) is 42.7 Å². The normalized spacial score (nSPS) is 17.5. The van der Waals surface area contributed by atoms with E-state index in [9.17, 15) is 4.79 Å². The van der Waals surface area contributed by atoms with Crippen molar-refractivity contribution < 1.29 is 4.79 Å². The van der Waals surface area contributed by atoms with Crippen molar-refractivity contribution in [2.75, 3.05) is 6.54 Å². The maximum absolute atomic E-state index is 11.7. The van der Waals surface area contributed by atoms with Gasteiger partial charge in [-0.1, -0.05) is 0 Å². The number of aryl methyl sites for hydroxylation is 1. The molecule has 82 valence electrons. The van der Waals surface area contributed by atoms with Crippen molar-refractivity contribution in [2.45, 2.75) is 25.8 Å². The molecule has 1 atom stereocenters. The van der Waals surface area contributed by atoms with E-state index in [4.69, 9.17) is 5.73 Å². The van der Waals surface area contributed by atoms with Gasteiger partial charge in [-0.2, -0.15) is 0 Å². The number of carbonyl (C=O) groups excluding carboxylic acids is 1. The Morgan fingerprint density at radius 1 is 1.73 bits per heavy atom. The highest BCUT2D eigenvalue weighted by atomic mass is 32.1. The van der Waals surface area contributed by atoms with E-state index < -0.39 is 0 Å². The first kappa shape index (κ1) is 10.6. The molecule has 3 N–H and O–H groups in total.